The minimum absolute atomic E-state index is 1.58. The zero-order valence-electron chi connectivity index (χ0n) is 4.60. The van der Waals surface area contributed by atoms with Gasteiger partial charge in [-0.15, -0.1) is 0 Å². The Morgan fingerprint density at radius 1 is 1.40 bits per heavy atom. The molecule has 8 heteroatoms. The Morgan fingerprint density at radius 2 is 1.70 bits per heavy atom. The fourth-order valence-electron chi connectivity index (χ4n) is 0.167. The summed E-state index contributed by atoms with van der Waals surface area (Å²) in [7, 11) is -0.137. The van der Waals surface area contributed by atoms with Crippen LogP contribution in [0.1, 0.15) is 0 Å². The second-order valence-corrected chi connectivity index (χ2v) is 3.06. The number of hydrogen-bond acceptors (Lipinski definition) is 4. The summed E-state index contributed by atoms with van der Waals surface area (Å²) in [6.45, 7) is 0. The number of nitrogens with zero attached hydrogens (tertiary/aromatic N) is 2. The number of hydrogen-bond donors (Lipinski definition) is 2. The third kappa shape index (κ3) is 15.7. The fraction of sp³-hybridized carbons (Fsp3) is 0. The average Bonchev–Trinajstić information content (AvgIpc) is 2.07. The molecule has 1 heterocycles. The summed E-state index contributed by atoms with van der Waals surface area (Å²) in [5.41, 5.74) is 0. The highest BCUT2D eigenvalue weighted by molar-refractivity contribution is 8.09. The van der Waals surface area contributed by atoms with Crippen LogP contribution in [0.15, 0.2) is 12.4 Å². The minimum atomic E-state index is -4.19. The highest BCUT2D eigenvalue weighted by Gasteiger charge is 1.86. The summed E-state index contributed by atoms with van der Waals surface area (Å²) in [6, 6.07) is 0. The van der Waals surface area contributed by atoms with Gasteiger partial charge in [0.1, 0.15) is 0 Å². The zero-order valence-corrected chi connectivity index (χ0v) is 6.17. The topological polar surface area (TPSA) is 95.9 Å². The van der Waals surface area contributed by atoms with Crippen LogP contribution in [0.5, 0.6) is 0 Å². The van der Waals surface area contributed by atoms with E-state index < -0.39 is 9.33 Å². The maximum Gasteiger partial charge on any atom is 0.353 e. The van der Waals surface area contributed by atoms with Gasteiger partial charge in [-0.3, -0.25) is 4.55 Å². The van der Waals surface area contributed by atoms with Crippen molar-refractivity contribution in [2.45, 2.75) is 0 Å². The van der Waals surface area contributed by atoms with Gasteiger partial charge in [-0.1, -0.05) is 0 Å². The van der Waals surface area contributed by atoms with Crippen LogP contribution in [0.3, 0.4) is 0 Å². The first-order valence-corrected chi connectivity index (χ1v) is 4.23. The van der Waals surface area contributed by atoms with Crippen LogP contribution in [-0.4, -0.2) is 28.4 Å². The van der Waals surface area contributed by atoms with E-state index >= 15 is 0 Å². The molecule has 0 saturated heterocycles. The highest BCUT2D eigenvalue weighted by atomic mass is 35.7. The van der Waals surface area contributed by atoms with Crippen LogP contribution >= 0.6 is 10.7 Å². The molecule has 0 radical (unpaired) electrons. The second-order valence-electron chi connectivity index (χ2n) is 1.07. The molecule has 0 aliphatic rings. The number of aromatic amines is 1. The average molecular weight is 186 g/mol. The summed E-state index contributed by atoms with van der Waals surface area (Å²) in [4.78, 5) is 0. The summed E-state index contributed by atoms with van der Waals surface area (Å²) >= 11 is 0. The molecule has 0 atom stereocenters. The third-order valence-corrected chi connectivity index (χ3v) is 0.331. The Hall–Kier alpha value is -0.660. The largest absolute Gasteiger partial charge is 0.353 e. The lowest BCUT2D eigenvalue weighted by atomic mass is 11.0. The molecule has 1 rings (SSSR count). The molecule has 0 amide bonds. The van der Waals surface area contributed by atoms with Crippen molar-refractivity contribution in [3.63, 3.8) is 0 Å². The second kappa shape index (κ2) is 4.20. The van der Waals surface area contributed by atoms with Gasteiger partial charge in [0.15, 0.2) is 0 Å². The molecule has 0 aliphatic heterocycles. The Kier molecular flexibility index (Phi) is 3.93. The standard InChI is InChI=1S/C2H3N3.ClHO3S/c1-2-4-5-3-1;1-5(2,3)4/h1-2H,(H,3,4,5);(H,2,3,4). The van der Waals surface area contributed by atoms with Crippen LogP contribution in [-0.2, 0) is 9.33 Å². The number of aromatic nitrogens is 3. The molecule has 0 bridgehead atoms. The van der Waals surface area contributed by atoms with Crippen molar-refractivity contribution in [1.82, 2.24) is 15.4 Å². The van der Waals surface area contributed by atoms with Crippen molar-refractivity contribution in [2.75, 3.05) is 0 Å². The highest BCUT2D eigenvalue weighted by Crippen LogP contribution is 1.82. The van der Waals surface area contributed by atoms with Crippen LogP contribution < -0.4 is 0 Å². The number of H-pyrrole nitrogens is 1. The molecule has 6 nitrogen and oxygen atoms in total. The lowest BCUT2D eigenvalue weighted by Gasteiger charge is -1.65. The van der Waals surface area contributed by atoms with Crippen LogP contribution in [0.2, 0.25) is 0 Å². The van der Waals surface area contributed by atoms with E-state index in [2.05, 4.69) is 26.1 Å². The summed E-state index contributed by atoms with van der Waals surface area (Å²) in [5, 5.41) is 9.33. The maximum atomic E-state index is 8.95. The van der Waals surface area contributed by atoms with Gasteiger partial charge >= 0.3 is 9.33 Å². The zero-order chi connectivity index (χ0) is 8.04. The van der Waals surface area contributed by atoms with E-state index in [9.17, 15) is 0 Å². The minimum Gasteiger partial charge on any atom is -0.273 e. The Morgan fingerprint density at radius 3 is 1.80 bits per heavy atom. The Balaban J connectivity index is 0.000000162. The van der Waals surface area contributed by atoms with Gasteiger partial charge in [0.25, 0.3) is 0 Å². The molecule has 0 saturated carbocycles. The van der Waals surface area contributed by atoms with Gasteiger partial charge in [-0.05, 0) is 0 Å². The van der Waals surface area contributed by atoms with E-state index in [1.54, 1.807) is 12.4 Å². The maximum absolute atomic E-state index is 8.95. The number of rotatable bonds is 0. The molecular weight excluding hydrogens is 182 g/mol. The van der Waals surface area contributed by atoms with Crippen LogP contribution in [0.25, 0.3) is 0 Å². The van der Waals surface area contributed by atoms with Crippen LogP contribution in [0, 0.1) is 0 Å². The van der Waals surface area contributed by atoms with Gasteiger partial charge < -0.3 is 0 Å². The van der Waals surface area contributed by atoms with Crippen molar-refractivity contribution in [3.05, 3.63) is 12.4 Å². The molecule has 0 spiro atoms. The molecule has 2 N–H and O–H groups in total. The van der Waals surface area contributed by atoms with Crippen molar-refractivity contribution in [3.8, 4) is 0 Å². The van der Waals surface area contributed by atoms with E-state index in [0.29, 0.717) is 0 Å². The van der Waals surface area contributed by atoms with Crippen molar-refractivity contribution in [1.29, 1.82) is 0 Å². The molecule has 1 aromatic rings. The van der Waals surface area contributed by atoms with Gasteiger partial charge in [0.05, 0.1) is 12.4 Å². The molecule has 58 valence electrons. The van der Waals surface area contributed by atoms with E-state index in [1.165, 1.54) is 0 Å². The SMILES string of the molecule is O=S(=O)(O)Cl.c1cn[nH]n1. The molecule has 1 aromatic heterocycles. The predicted molar refractivity (Wildman–Crippen MR) is 33.8 cm³/mol. The van der Waals surface area contributed by atoms with Crippen molar-refractivity contribution in [2.24, 2.45) is 0 Å². The van der Waals surface area contributed by atoms with Gasteiger partial charge in [0.2, 0.25) is 0 Å². The van der Waals surface area contributed by atoms with Crippen molar-refractivity contribution >= 4 is 20.0 Å². The first-order chi connectivity index (χ1) is 4.50. The summed E-state index contributed by atoms with van der Waals surface area (Å²) in [6.07, 6.45) is 3.17. The quantitative estimate of drug-likeness (QED) is 0.432. The first kappa shape index (κ1) is 9.34. The molecule has 0 aliphatic carbocycles. The lowest BCUT2D eigenvalue weighted by molar-refractivity contribution is 0.501. The van der Waals surface area contributed by atoms with Gasteiger partial charge in [-0.2, -0.15) is 23.8 Å². The summed E-state index contributed by atoms with van der Waals surface area (Å²) in [5.74, 6) is 0. The van der Waals surface area contributed by atoms with E-state index in [4.69, 9.17) is 13.0 Å². The third-order valence-electron chi connectivity index (χ3n) is 0.331. The van der Waals surface area contributed by atoms with Crippen molar-refractivity contribution < 1.29 is 13.0 Å². The smallest absolute Gasteiger partial charge is 0.273 e. The summed E-state index contributed by atoms with van der Waals surface area (Å²) < 4.78 is 25.2. The van der Waals surface area contributed by atoms with E-state index in [-0.39, 0.29) is 0 Å². The molecule has 0 aromatic carbocycles. The molecular formula is C2H4ClN3O3S. The number of nitrogens with one attached hydrogen (secondary N) is 1. The Labute approximate surface area is 61.5 Å². The number of halogens is 1. The Bertz CT molecular complexity index is 218. The lowest BCUT2D eigenvalue weighted by Crippen LogP contribution is -1.77. The van der Waals surface area contributed by atoms with Gasteiger partial charge in [-0.25, -0.2) is 0 Å². The molecule has 0 unspecified atom stereocenters. The first-order valence-electron chi connectivity index (χ1n) is 1.97. The molecule has 0 fully saturated rings. The van der Waals surface area contributed by atoms with Gasteiger partial charge in [0, 0.05) is 10.7 Å². The predicted octanol–water partition coefficient (Wildman–Crippen LogP) is -0.167. The molecule has 10 heavy (non-hydrogen) atoms. The van der Waals surface area contributed by atoms with E-state index in [1.807, 2.05) is 0 Å². The fourth-order valence-corrected chi connectivity index (χ4v) is 0.167. The van der Waals surface area contributed by atoms with E-state index in [0.717, 1.165) is 0 Å². The monoisotopic (exact) mass is 185 g/mol. The normalized spacial score (nSPS) is 9.80. The van der Waals surface area contributed by atoms with Crippen LogP contribution in [0.4, 0.5) is 0 Å².